The molecule has 4 nitrogen and oxygen atoms in total. The van der Waals surface area contributed by atoms with E-state index in [9.17, 15) is 0 Å². The maximum atomic E-state index is 9.13. The van der Waals surface area contributed by atoms with Crippen molar-refractivity contribution in [2.24, 2.45) is 0 Å². The Morgan fingerprint density at radius 2 is 2.12 bits per heavy atom. The van der Waals surface area contributed by atoms with Gasteiger partial charge >= 0.3 is 7.12 Å². The summed E-state index contributed by atoms with van der Waals surface area (Å²) in [5.74, 6) is 0.827. The summed E-state index contributed by atoms with van der Waals surface area (Å²) < 4.78 is 2.11. The fourth-order valence-corrected chi connectivity index (χ4v) is 2.75. The van der Waals surface area contributed by atoms with Crippen molar-refractivity contribution in [2.45, 2.75) is 25.4 Å². The molecule has 16 heavy (non-hydrogen) atoms. The molecule has 1 saturated carbocycles. The lowest BCUT2D eigenvalue weighted by atomic mass is 9.85. The number of nitrogens with zero attached hydrogens (tertiary/aromatic N) is 2. The van der Waals surface area contributed by atoms with Crippen LogP contribution in [0.2, 0.25) is 0 Å². The molecule has 0 spiro atoms. The third-order valence-corrected chi connectivity index (χ3v) is 4.10. The van der Waals surface area contributed by atoms with Gasteiger partial charge in [-0.25, -0.2) is 4.98 Å². The summed E-state index contributed by atoms with van der Waals surface area (Å²) in [5, 5.41) is 18.3. The van der Waals surface area contributed by atoms with Gasteiger partial charge in [0.2, 0.25) is 0 Å². The topological polar surface area (TPSA) is 56.6 Å². The summed E-state index contributed by atoms with van der Waals surface area (Å²) in [7, 11) is 1.26. The van der Waals surface area contributed by atoms with Crippen LogP contribution in [0.1, 0.15) is 18.4 Å². The fraction of sp³-hybridized carbons (Fsp3) is 0.500. The second kappa shape index (κ2) is 4.70. The summed E-state index contributed by atoms with van der Waals surface area (Å²) in [5.41, 5.74) is 2.14. The fourth-order valence-electron chi connectivity index (χ4n) is 1.53. The van der Waals surface area contributed by atoms with Crippen molar-refractivity contribution in [1.29, 1.82) is 0 Å². The van der Waals surface area contributed by atoms with Gasteiger partial charge in [0.25, 0.3) is 0 Å². The van der Waals surface area contributed by atoms with E-state index < -0.39 is 7.12 Å². The molecule has 2 N–H and O–H groups in total. The van der Waals surface area contributed by atoms with Crippen molar-refractivity contribution < 1.29 is 10.0 Å². The molecule has 2 rings (SSSR count). The minimum absolute atomic E-state index is 0.322. The summed E-state index contributed by atoms with van der Waals surface area (Å²) in [6.45, 7) is 1.94. The van der Waals surface area contributed by atoms with Crippen LogP contribution in [-0.2, 0) is 0 Å². The zero-order valence-corrected chi connectivity index (χ0v) is 10.5. The van der Waals surface area contributed by atoms with E-state index in [2.05, 4.69) is 9.65 Å². The number of aryl methyl sites for hydroxylation is 1. The molecule has 1 aromatic heterocycles. The first-order valence-corrected chi connectivity index (χ1v) is 6.43. The smallest absolute Gasteiger partial charge is 0.422 e. The van der Waals surface area contributed by atoms with Crippen molar-refractivity contribution in [1.82, 2.24) is 4.98 Å². The second-order valence-electron chi connectivity index (χ2n) is 4.26. The monoisotopic (exact) mass is 238 g/mol. The summed E-state index contributed by atoms with van der Waals surface area (Å²) in [6, 6.07) is 3.67. The molecule has 0 aromatic carbocycles. The molecule has 1 aromatic rings. The van der Waals surface area contributed by atoms with Crippen LogP contribution >= 0.6 is 8.73 Å². The third kappa shape index (κ3) is 2.94. The summed E-state index contributed by atoms with van der Waals surface area (Å²) in [4.78, 5) is 4.25. The van der Waals surface area contributed by atoms with Gasteiger partial charge in [-0.3, -0.25) is 0 Å². The minimum Gasteiger partial charge on any atom is -0.422 e. The van der Waals surface area contributed by atoms with E-state index in [0.29, 0.717) is 5.59 Å². The van der Waals surface area contributed by atoms with Crippen LogP contribution in [0.4, 0.5) is 5.82 Å². The van der Waals surface area contributed by atoms with Gasteiger partial charge < -0.3 is 14.7 Å². The average molecular weight is 238 g/mol. The Morgan fingerprint density at radius 1 is 1.44 bits per heavy atom. The lowest BCUT2D eigenvalue weighted by Gasteiger charge is -2.19. The number of anilines is 1. The van der Waals surface area contributed by atoms with Crippen LogP contribution in [0, 0.1) is 6.92 Å². The molecule has 1 unspecified atom stereocenters. The SMILES string of the molecule is Cc1cc(B(O)O)nc(N(C)PC2CC2)c1. The molecule has 0 bridgehead atoms. The van der Waals surface area contributed by atoms with E-state index >= 15 is 0 Å². The average Bonchev–Trinajstić information content (AvgIpc) is 3.00. The standard InChI is InChI=1S/C10H16BN2O2P/c1-7-5-9(11(14)15)12-10(6-7)13(2)16-8-3-4-8/h5-6,8,14-16H,3-4H2,1-2H3. The predicted molar refractivity (Wildman–Crippen MR) is 68.5 cm³/mol. The van der Waals surface area contributed by atoms with Crippen LogP contribution < -0.4 is 10.3 Å². The number of aromatic nitrogens is 1. The largest absolute Gasteiger partial charge is 0.508 e. The van der Waals surface area contributed by atoms with E-state index in [4.69, 9.17) is 10.0 Å². The highest BCUT2D eigenvalue weighted by molar-refractivity contribution is 7.41. The van der Waals surface area contributed by atoms with Gasteiger partial charge in [0, 0.05) is 7.05 Å². The Hall–Kier alpha value is -0.635. The Morgan fingerprint density at radius 3 is 2.69 bits per heavy atom. The molecule has 0 amide bonds. The molecule has 0 saturated heterocycles. The quantitative estimate of drug-likeness (QED) is 0.583. The van der Waals surface area contributed by atoms with Gasteiger partial charge in [0.15, 0.2) is 0 Å². The highest BCUT2D eigenvalue weighted by atomic mass is 31.1. The molecule has 1 aliphatic rings. The number of rotatable bonds is 4. The molecular formula is C10H16BN2O2P. The van der Waals surface area contributed by atoms with Crippen molar-refractivity contribution in [3.05, 3.63) is 17.7 Å². The molecule has 1 atom stereocenters. The van der Waals surface area contributed by atoms with Crippen LogP contribution in [0.5, 0.6) is 0 Å². The van der Waals surface area contributed by atoms with Crippen molar-refractivity contribution in [3.63, 3.8) is 0 Å². The van der Waals surface area contributed by atoms with E-state index in [1.54, 1.807) is 6.07 Å². The lowest BCUT2D eigenvalue weighted by Crippen LogP contribution is -2.33. The van der Waals surface area contributed by atoms with Gasteiger partial charge in [0.05, 0.1) is 5.59 Å². The molecular weight excluding hydrogens is 222 g/mol. The molecule has 0 aliphatic heterocycles. The minimum atomic E-state index is -1.49. The molecule has 1 aliphatic carbocycles. The normalized spacial score (nSPS) is 15.8. The predicted octanol–water partition coefficient (Wildman–Crippen LogP) is 0.262. The second-order valence-corrected chi connectivity index (χ2v) is 6.01. The Balaban J connectivity index is 2.17. The Labute approximate surface area is 97.7 Å². The Kier molecular flexibility index (Phi) is 3.48. The van der Waals surface area contributed by atoms with Crippen molar-refractivity contribution in [2.75, 3.05) is 11.7 Å². The van der Waals surface area contributed by atoms with Gasteiger partial charge in [-0.05, 0) is 51.9 Å². The van der Waals surface area contributed by atoms with Crippen LogP contribution in [0.3, 0.4) is 0 Å². The van der Waals surface area contributed by atoms with Gasteiger partial charge in [-0.15, -0.1) is 0 Å². The maximum absolute atomic E-state index is 9.13. The first-order chi connectivity index (χ1) is 7.56. The van der Waals surface area contributed by atoms with E-state index in [-0.39, 0.29) is 0 Å². The van der Waals surface area contributed by atoms with Crippen molar-refractivity contribution >= 4 is 27.3 Å². The zero-order valence-electron chi connectivity index (χ0n) is 9.51. The maximum Gasteiger partial charge on any atom is 0.508 e. The van der Waals surface area contributed by atoms with Crippen LogP contribution in [0.25, 0.3) is 0 Å². The highest BCUT2D eigenvalue weighted by Crippen LogP contribution is 2.42. The Bertz CT molecular complexity index is 385. The first kappa shape index (κ1) is 11.8. The molecule has 1 heterocycles. The molecule has 1 fully saturated rings. The van der Waals surface area contributed by atoms with Crippen LogP contribution in [0.15, 0.2) is 12.1 Å². The van der Waals surface area contributed by atoms with E-state index in [0.717, 1.165) is 25.8 Å². The van der Waals surface area contributed by atoms with Gasteiger partial charge in [-0.2, -0.15) is 0 Å². The van der Waals surface area contributed by atoms with Crippen molar-refractivity contribution in [3.8, 4) is 0 Å². The summed E-state index contributed by atoms with van der Waals surface area (Å²) >= 11 is 0. The number of hydrogen-bond donors (Lipinski definition) is 2. The highest BCUT2D eigenvalue weighted by Gasteiger charge is 2.24. The molecule has 0 radical (unpaired) electrons. The first-order valence-electron chi connectivity index (χ1n) is 5.41. The van der Waals surface area contributed by atoms with Gasteiger partial charge in [-0.1, -0.05) is 0 Å². The molecule has 6 heteroatoms. The number of hydrogen-bond acceptors (Lipinski definition) is 4. The van der Waals surface area contributed by atoms with Crippen LogP contribution in [-0.4, -0.2) is 34.9 Å². The van der Waals surface area contributed by atoms with E-state index in [1.807, 2.05) is 20.0 Å². The molecule has 86 valence electrons. The van der Waals surface area contributed by atoms with E-state index in [1.165, 1.54) is 12.8 Å². The number of pyridine rings is 1. The van der Waals surface area contributed by atoms with Gasteiger partial charge in [0.1, 0.15) is 5.82 Å². The zero-order chi connectivity index (χ0) is 11.7. The third-order valence-electron chi connectivity index (χ3n) is 2.54. The summed E-state index contributed by atoms with van der Waals surface area (Å²) in [6.07, 6.45) is 2.62. The lowest BCUT2D eigenvalue weighted by molar-refractivity contribution is 0.424.